The van der Waals surface area contributed by atoms with E-state index < -0.39 is 0 Å². The fourth-order valence-electron chi connectivity index (χ4n) is 2.27. The summed E-state index contributed by atoms with van der Waals surface area (Å²) in [6.07, 6.45) is 1.52. The molecular weight excluding hydrogens is 328 g/mol. The SMILES string of the molecule is C=N/C(=C\N(N)c1ccc(CNC(C)=O)cc1)C(=N)c1ccccc1N. The standard InChI is InChI=1S/C19H22N6O/c1-13(26)24-11-14-7-9-15(10-8-14)25(22)12-18(23-2)19(21)16-5-3-4-6-17(16)20/h3-10,12,21H,2,11,20,22H2,1H3,(H,24,26)/b18-12-,21-19?. The number of amides is 1. The molecule has 0 spiro atoms. The molecule has 0 bridgehead atoms. The quantitative estimate of drug-likeness (QED) is 0.265. The van der Waals surface area contributed by atoms with Crippen molar-refractivity contribution in [2.24, 2.45) is 10.8 Å². The molecule has 2 rings (SSSR count). The second-order valence-corrected chi connectivity index (χ2v) is 5.62. The second kappa shape index (κ2) is 8.59. The molecule has 0 aliphatic carbocycles. The monoisotopic (exact) mass is 350 g/mol. The van der Waals surface area contributed by atoms with Crippen LogP contribution in [0.4, 0.5) is 11.4 Å². The van der Waals surface area contributed by atoms with Gasteiger partial charge in [0.15, 0.2) is 0 Å². The van der Waals surface area contributed by atoms with Gasteiger partial charge in [-0.05, 0) is 30.5 Å². The molecule has 7 nitrogen and oxygen atoms in total. The summed E-state index contributed by atoms with van der Waals surface area (Å²) in [7, 11) is 0. The van der Waals surface area contributed by atoms with Crippen LogP contribution in [0, 0.1) is 5.41 Å². The van der Waals surface area contributed by atoms with Crippen LogP contribution in [0.25, 0.3) is 0 Å². The zero-order valence-electron chi connectivity index (χ0n) is 14.6. The van der Waals surface area contributed by atoms with Crippen LogP contribution in [0.1, 0.15) is 18.1 Å². The third-order valence-corrected chi connectivity index (χ3v) is 3.69. The van der Waals surface area contributed by atoms with Gasteiger partial charge in [0.2, 0.25) is 5.91 Å². The lowest BCUT2D eigenvalue weighted by Gasteiger charge is -2.16. The number of benzene rings is 2. The van der Waals surface area contributed by atoms with Gasteiger partial charge in [0.05, 0.1) is 11.4 Å². The van der Waals surface area contributed by atoms with Gasteiger partial charge in [0.25, 0.3) is 0 Å². The maximum atomic E-state index is 11.0. The fraction of sp³-hybridized carbons (Fsp3) is 0.105. The number of nitrogens with two attached hydrogens (primary N) is 2. The summed E-state index contributed by atoms with van der Waals surface area (Å²) in [6, 6.07) is 14.4. The van der Waals surface area contributed by atoms with Crippen LogP contribution in [0.3, 0.4) is 0 Å². The number of carbonyl (C=O) groups excluding carboxylic acids is 1. The molecule has 0 fully saturated rings. The van der Waals surface area contributed by atoms with Crippen molar-refractivity contribution in [3.8, 4) is 0 Å². The van der Waals surface area contributed by atoms with Crippen molar-refractivity contribution in [1.29, 1.82) is 5.41 Å². The van der Waals surface area contributed by atoms with Gasteiger partial charge in [-0.3, -0.25) is 20.2 Å². The predicted octanol–water partition coefficient (Wildman–Crippen LogP) is 2.20. The lowest BCUT2D eigenvalue weighted by molar-refractivity contribution is -0.119. The Hall–Kier alpha value is -3.45. The van der Waals surface area contributed by atoms with E-state index >= 15 is 0 Å². The minimum atomic E-state index is -0.0853. The number of carbonyl (C=O) groups is 1. The highest BCUT2D eigenvalue weighted by Gasteiger charge is 2.11. The predicted molar refractivity (Wildman–Crippen MR) is 106 cm³/mol. The molecule has 0 saturated carbocycles. The van der Waals surface area contributed by atoms with Crippen LogP contribution in [-0.4, -0.2) is 18.3 Å². The first-order valence-corrected chi connectivity index (χ1v) is 7.92. The van der Waals surface area contributed by atoms with E-state index in [1.54, 1.807) is 24.3 Å². The molecule has 0 saturated heterocycles. The molecule has 0 heterocycles. The maximum absolute atomic E-state index is 11.0. The zero-order chi connectivity index (χ0) is 19.1. The number of hydrogen-bond donors (Lipinski definition) is 4. The van der Waals surface area contributed by atoms with Gasteiger partial charge in [-0.1, -0.05) is 30.3 Å². The van der Waals surface area contributed by atoms with Gasteiger partial charge in [-0.15, -0.1) is 0 Å². The number of rotatable bonds is 7. The normalized spacial score (nSPS) is 10.9. The summed E-state index contributed by atoms with van der Waals surface area (Å²) in [5.41, 5.74) is 9.05. The van der Waals surface area contributed by atoms with Crippen LogP contribution >= 0.6 is 0 Å². The van der Waals surface area contributed by atoms with E-state index in [9.17, 15) is 4.79 Å². The third kappa shape index (κ3) is 4.78. The summed E-state index contributed by atoms with van der Waals surface area (Å²) in [4.78, 5) is 14.9. The number of para-hydroxylation sites is 1. The largest absolute Gasteiger partial charge is 0.398 e. The van der Waals surface area contributed by atoms with Gasteiger partial charge >= 0.3 is 0 Å². The Balaban J connectivity index is 2.18. The molecule has 7 heteroatoms. The van der Waals surface area contributed by atoms with Gasteiger partial charge < -0.3 is 11.1 Å². The molecule has 0 atom stereocenters. The topological polar surface area (TPSA) is 121 Å². The summed E-state index contributed by atoms with van der Waals surface area (Å²) < 4.78 is 0. The smallest absolute Gasteiger partial charge is 0.217 e. The van der Waals surface area contributed by atoms with Gasteiger partial charge in [-0.25, -0.2) is 5.84 Å². The number of nitrogen functional groups attached to an aromatic ring is 1. The average Bonchev–Trinajstić information content (AvgIpc) is 2.64. The third-order valence-electron chi connectivity index (χ3n) is 3.69. The lowest BCUT2D eigenvalue weighted by atomic mass is 10.1. The Morgan fingerprint density at radius 1 is 1.27 bits per heavy atom. The van der Waals surface area contributed by atoms with Crippen molar-refractivity contribution >= 4 is 29.7 Å². The van der Waals surface area contributed by atoms with Crippen LogP contribution in [0.2, 0.25) is 0 Å². The van der Waals surface area contributed by atoms with Crippen molar-refractivity contribution in [1.82, 2.24) is 5.32 Å². The Labute approximate surface area is 152 Å². The summed E-state index contributed by atoms with van der Waals surface area (Å²) in [5, 5.41) is 12.4. The van der Waals surface area contributed by atoms with Crippen molar-refractivity contribution in [3.63, 3.8) is 0 Å². The molecule has 26 heavy (non-hydrogen) atoms. The minimum Gasteiger partial charge on any atom is -0.398 e. The first-order valence-electron chi connectivity index (χ1n) is 7.92. The van der Waals surface area contributed by atoms with E-state index in [-0.39, 0.29) is 11.6 Å². The molecule has 2 aromatic rings. The van der Waals surface area contributed by atoms with Gasteiger partial charge in [0, 0.05) is 30.9 Å². The highest BCUT2D eigenvalue weighted by Crippen LogP contribution is 2.18. The summed E-state index contributed by atoms with van der Waals surface area (Å²) in [6.45, 7) is 5.44. The Morgan fingerprint density at radius 3 is 2.50 bits per heavy atom. The fourth-order valence-corrected chi connectivity index (χ4v) is 2.27. The molecule has 1 amide bonds. The number of aliphatic imine (C=N–C) groups is 1. The van der Waals surface area contributed by atoms with E-state index in [4.69, 9.17) is 17.0 Å². The highest BCUT2D eigenvalue weighted by atomic mass is 16.1. The number of nitrogens with zero attached hydrogens (tertiary/aromatic N) is 2. The summed E-state index contributed by atoms with van der Waals surface area (Å²) >= 11 is 0. The van der Waals surface area contributed by atoms with Gasteiger partial charge in [0.1, 0.15) is 5.70 Å². The van der Waals surface area contributed by atoms with Crippen molar-refractivity contribution in [3.05, 3.63) is 71.6 Å². The molecule has 2 aromatic carbocycles. The van der Waals surface area contributed by atoms with Crippen LogP contribution < -0.4 is 21.9 Å². The molecule has 134 valence electrons. The zero-order valence-corrected chi connectivity index (χ0v) is 14.6. The average molecular weight is 350 g/mol. The number of allylic oxidation sites excluding steroid dienone is 1. The minimum absolute atomic E-state index is 0.0853. The van der Waals surface area contributed by atoms with E-state index in [0.29, 0.717) is 29.2 Å². The Kier molecular flexibility index (Phi) is 6.24. The van der Waals surface area contributed by atoms with Crippen molar-refractivity contribution in [2.45, 2.75) is 13.5 Å². The first-order chi connectivity index (χ1) is 12.4. The van der Waals surface area contributed by atoms with E-state index in [2.05, 4.69) is 17.0 Å². The van der Waals surface area contributed by atoms with Crippen molar-refractivity contribution in [2.75, 3.05) is 10.7 Å². The molecule has 0 aliphatic heterocycles. The Bertz CT molecular complexity index is 841. The van der Waals surface area contributed by atoms with E-state index in [1.807, 2.05) is 24.3 Å². The number of hydrogen-bond acceptors (Lipinski definition) is 6. The molecule has 0 aliphatic rings. The van der Waals surface area contributed by atoms with Crippen molar-refractivity contribution < 1.29 is 4.79 Å². The highest BCUT2D eigenvalue weighted by molar-refractivity contribution is 6.13. The molecule has 0 radical (unpaired) electrons. The van der Waals surface area contributed by atoms with Crippen LogP contribution in [-0.2, 0) is 11.3 Å². The maximum Gasteiger partial charge on any atom is 0.217 e. The van der Waals surface area contributed by atoms with Crippen LogP contribution in [0.5, 0.6) is 0 Å². The van der Waals surface area contributed by atoms with Crippen LogP contribution in [0.15, 0.2) is 65.4 Å². The molecule has 0 aromatic heterocycles. The second-order valence-electron chi connectivity index (χ2n) is 5.62. The number of hydrazine groups is 1. The first kappa shape index (κ1) is 18.9. The number of nitrogens with one attached hydrogen (secondary N) is 2. The van der Waals surface area contributed by atoms with E-state index in [0.717, 1.165) is 5.56 Å². The molecule has 6 N–H and O–H groups in total. The molecule has 0 unspecified atom stereocenters. The lowest BCUT2D eigenvalue weighted by Crippen LogP contribution is -2.26. The Morgan fingerprint density at radius 2 is 1.92 bits per heavy atom. The molecular formula is C19H22N6O. The summed E-state index contributed by atoms with van der Waals surface area (Å²) in [5.74, 6) is 5.98. The van der Waals surface area contributed by atoms with E-state index in [1.165, 1.54) is 18.1 Å². The number of anilines is 2. The van der Waals surface area contributed by atoms with Gasteiger partial charge in [-0.2, -0.15) is 0 Å².